The third kappa shape index (κ3) is 2.20. The van der Waals surface area contributed by atoms with Crippen molar-refractivity contribution in [3.05, 3.63) is 22.3 Å². The summed E-state index contributed by atoms with van der Waals surface area (Å²) in [5.74, 6) is 1.89. The molecule has 112 valence electrons. The summed E-state index contributed by atoms with van der Waals surface area (Å²) in [4.78, 5) is 0. The predicted octanol–water partition coefficient (Wildman–Crippen LogP) is 6.29. The van der Waals surface area contributed by atoms with Crippen molar-refractivity contribution in [2.45, 2.75) is 80.1 Å². The lowest BCUT2D eigenvalue weighted by molar-refractivity contribution is 0.298. The summed E-state index contributed by atoms with van der Waals surface area (Å²) < 4.78 is 0. The fourth-order valence-electron chi connectivity index (χ4n) is 4.89. The van der Waals surface area contributed by atoms with Gasteiger partial charge in [-0.1, -0.05) is 65.5 Å². The van der Waals surface area contributed by atoms with Crippen LogP contribution in [-0.2, 0) is 0 Å². The molecule has 0 saturated heterocycles. The zero-order valence-corrected chi connectivity index (χ0v) is 14.4. The van der Waals surface area contributed by atoms with E-state index in [1.165, 1.54) is 38.5 Å². The van der Waals surface area contributed by atoms with Crippen LogP contribution < -0.4 is 0 Å². The van der Waals surface area contributed by atoms with E-state index in [9.17, 15) is 0 Å². The number of hydrogen-bond acceptors (Lipinski definition) is 0. The maximum atomic E-state index is 2.43. The normalized spacial score (nSPS) is 30.9. The highest BCUT2D eigenvalue weighted by molar-refractivity contribution is 5.55. The Morgan fingerprint density at radius 1 is 0.800 bits per heavy atom. The Bertz CT molecular complexity index is 473. The molecule has 0 heteroatoms. The van der Waals surface area contributed by atoms with E-state index >= 15 is 0 Å². The van der Waals surface area contributed by atoms with Crippen molar-refractivity contribution in [3.8, 4) is 0 Å². The van der Waals surface area contributed by atoms with Crippen molar-refractivity contribution >= 4 is 0 Å². The van der Waals surface area contributed by atoms with Gasteiger partial charge in [0, 0.05) is 0 Å². The lowest BCUT2D eigenvalue weighted by Crippen LogP contribution is -2.19. The van der Waals surface area contributed by atoms with Gasteiger partial charge in [0.2, 0.25) is 0 Å². The number of rotatable bonds is 0. The van der Waals surface area contributed by atoms with E-state index in [4.69, 9.17) is 0 Å². The van der Waals surface area contributed by atoms with E-state index in [0.29, 0.717) is 10.8 Å². The van der Waals surface area contributed by atoms with Gasteiger partial charge in [-0.05, 0) is 59.5 Å². The SMILES string of the molecule is CC(C)(C)C1=C2CC3CCCCC3C2=C(C(C)(C)C)C1. The summed E-state index contributed by atoms with van der Waals surface area (Å²) in [5.41, 5.74) is 7.89. The second-order valence-corrected chi connectivity index (χ2v) is 9.38. The summed E-state index contributed by atoms with van der Waals surface area (Å²) in [6.07, 6.45) is 8.53. The first-order chi connectivity index (χ1) is 9.19. The Labute approximate surface area is 125 Å². The number of allylic oxidation sites excluding steroid dienone is 4. The lowest BCUT2D eigenvalue weighted by Gasteiger charge is -2.31. The molecule has 0 amide bonds. The van der Waals surface area contributed by atoms with E-state index < -0.39 is 0 Å². The Morgan fingerprint density at radius 3 is 2.00 bits per heavy atom. The molecule has 0 bridgehead atoms. The van der Waals surface area contributed by atoms with Crippen molar-refractivity contribution in [3.63, 3.8) is 0 Å². The van der Waals surface area contributed by atoms with Crippen LogP contribution >= 0.6 is 0 Å². The molecule has 20 heavy (non-hydrogen) atoms. The zero-order valence-electron chi connectivity index (χ0n) is 14.4. The highest BCUT2D eigenvalue weighted by Crippen LogP contribution is 2.59. The Balaban J connectivity index is 2.09. The summed E-state index contributed by atoms with van der Waals surface area (Å²) in [7, 11) is 0. The highest BCUT2D eigenvalue weighted by Gasteiger charge is 2.45. The molecular formula is C20H32. The van der Waals surface area contributed by atoms with Crippen LogP contribution in [0.4, 0.5) is 0 Å². The number of fused-ring (bicyclic) bond motifs is 3. The largest absolute Gasteiger partial charge is 0.0572 e. The molecule has 0 aromatic rings. The molecule has 2 atom stereocenters. The van der Waals surface area contributed by atoms with Gasteiger partial charge < -0.3 is 0 Å². The van der Waals surface area contributed by atoms with Crippen LogP contribution in [-0.4, -0.2) is 0 Å². The molecule has 0 spiro atoms. The topological polar surface area (TPSA) is 0 Å². The Morgan fingerprint density at radius 2 is 1.40 bits per heavy atom. The summed E-state index contributed by atoms with van der Waals surface area (Å²) >= 11 is 0. The lowest BCUT2D eigenvalue weighted by atomic mass is 9.74. The fourth-order valence-corrected chi connectivity index (χ4v) is 4.89. The summed E-state index contributed by atoms with van der Waals surface area (Å²) in [6, 6.07) is 0. The van der Waals surface area contributed by atoms with Crippen molar-refractivity contribution in [1.82, 2.24) is 0 Å². The van der Waals surface area contributed by atoms with Crippen LogP contribution in [0.2, 0.25) is 0 Å². The molecule has 0 aromatic heterocycles. The molecular weight excluding hydrogens is 240 g/mol. The maximum absolute atomic E-state index is 2.43. The molecule has 3 aliphatic carbocycles. The van der Waals surface area contributed by atoms with E-state index in [2.05, 4.69) is 41.5 Å². The summed E-state index contributed by atoms with van der Waals surface area (Å²) in [5, 5.41) is 0. The quantitative estimate of drug-likeness (QED) is 0.486. The van der Waals surface area contributed by atoms with E-state index in [0.717, 1.165) is 11.8 Å². The second-order valence-electron chi connectivity index (χ2n) is 9.38. The van der Waals surface area contributed by atoms with Crippen LogP contribution in [0.1, 0.15) is 80.1 Å². The van der Waals surface area contributed by atoms with Gasteiger partial charge in [0.05, 0.1) is 0 Å². The Hall–Kier alpha value is -0.520. The average molecular weight is 272 g/mol. The third-order valence-electron chi connectivity index (χ3n) is 5.92. The molecule has 2 saturated carbocycles. The van der Waals surface area contributed by atoms with Crippen LogP contribution in [0.25, 0.3) is 0 Å². The predicted molar refractivity (Wildman–Crippen MR) is 87.6 cm³/mol. The van der Waals surface area contributed by atoms with E-state index in [1.807, 2.05) is 5.57 Å². The van der Waals surface area contributed by atoms with Gasteiger partial charge in [-0.15, -0.1) is 0 Å². The van der Waals surface area contributed by atoms with Crippen molar-refractivity contribution in [2.24, 2.45) is 22.7 Å². The number of hydrogen-bond donors (Lipinski definition) is 0. The monoisotopic (exact) mass is 272 g/mol. The molecule has 3 aliphatic rings. The van der Waals surface area contributed by atoms with Crippen LogP contribution in [0, 0.1) is 22.7 Å². The van der Waals surface area contributed by atoms with Gasteiger partial charge >= 0.3 is 0 Å². The molecule has 0 N–H and O–H groups in total. The van der Waals surface area contributed by atoms with E-state index in [-0.39, 0.29) is 0 Å². The average Bonchev–Trinajstić information content (AvgIpc) is 2.82. The second kappa shape index (κ2) is 4.49. The first-order valence-electron chi connectivity index (χ1n) is 8.66. The first kappa shape index (κ1) is 14.4. The van der Waals surface area contributed by atoms with Crippen molar-refractivity contribution < 1.29 is 0 Å². The van der Waals surface area contributed by atoms with Crippen molar-refractivity contribution in [2.75, 3.05) is 0 Å². The van der Waals surface area contributed by atoms with Crippen LogP contribution in [0.15, 0.2) is 22.3 Å². The van der Waals surface area contributed by atoms with Gasteiger partial charge in [-0.2, -0.15) is 0 Å². The van der Waals surface area contributed by atoms with Crippen LogP contribution in [0.3, 0.4) is 0 Å². The molecule has 0 aliphatic heterocycles. The summed E-state index contributed by atoms with van der Waals surface area (Å²) in [6.45, 7) is 14.5. The smallest absolute Gasteiger partial charge is 0.00860 e. The Kier molecular flexibility index (Phi) is 3.23. The van der Waals surface area contributed by atoms with Gasteiger partial charge in [0.25, 0.3) is 0 Å². The minimum atomic E-state index is 0.347. The van der Waals surface area contributed by atoms with Crippen LogP contribution in [0.5, 0.6) is 0 Å². The maximum Gasteiger partial charge on any atom is -0.00860 e. The highest BCUT2D eigenvalue weighted by atomic mass is 14.5. The van der Waals surface area contributed by atoms with Gasteiger partial charge in [-0.25, -0.2) is 0 Å². The minimum Gasteiger partial charge on any atom is -0.0572 e. The molecule has 0 heterocycles. The molecule has 0 radical (unpaired) electrons. The molecule has 0 aromatic carbocycles. The van der Waals surface area contributed by atoms with Gasteiger partial charge in [0.1, 0.15) is 0 Å². The molecule has 2 fully saturated rings. The first-order valence-corrected chi connectivity index (χ1v) is 8.66. The fraction of sp³-hybridized carbons (Fsp3) is 0.800. The molecule has 3 rings (SSSR count). The minimum absolute atomic E-state index is 0.347. The van der Waals surface area contributed by atoms with E-state index in [1.54, 1.807) is 16.7 Å². The molecule has 2 unspecified atom stereocenters. The standard InChI is InChI=1S/C20H32/c1-19(2,3)16-12-17(20(4,5)6)18-14-10-8-7-9-13(14)11-15(16)18/h13-14H,7-12H2,1-6H3. The zero-order chi connectivity index (χ0) is 14.7. The third-order valence-corrected chi connectivity index (χ3v) is 5.92. The van der Waals surface area contributed by atoms with Gasteiger partial charge in [-0.3, -0.25) is 0 Å². The van der Waals surface area contributed by atoms with Gasteiger partial charge in [0.15, 0.2) is 0 Å². The molecule has 0 nitrogen and oxygen atoms in total. The van der Waals surface area contributed by atoms with Crippen molar-refractivity contribution in [1.29, 1.82) is 0 Å².